The second-order valence-electron chi connectivity index (χ2n) is 4.94. The smallest absolute Gasteiger partial charge is 0.325 e. The Morgan fingerprint density at radius 2 is 2.44 bits per heavy atom. The number of nitrogens with zero attached hydrogens (tertiary/aromatic N) is 1. The summed E-state index contributed by atoms with van der Waals surface area (Å²) in [6.07, 6.45) is 7.21. The van der Waals surface area contributed by atoms with Crippen LogP contribution in [0.3, 0.4) is 0 Å². The van der Waals surface area contributed by atoms with E-state index in [0.717, 1.165) is 12.0 Å². The lowest BCUT2D eigenvalue weighted by atomic mass is 9.96. The molecule has 2 aliphatic rings. The number of aryl methyl sites for hydroxylation is 1. The fraction of sp³-hybridized carbons (Fsp3) is 0.583. The van der Waals surface area contributed by atoms with Crippen LogP contribution in [-0.2, 0) is 0 Å². The van der Waals surface area contributed by atoms with E-state index in [2.05, 4.69) is 10.6 Å². The van der Waals surface area contributed by atoms with E-state index in [4.69, 9.17) is 0 Å². The second-order valence-corrected chi connectivity index (χ2v) is 4.94. The SMILES string of the molecule is Cc1ccn(C(=O)N[C@@H]2C[C@H]3CC[C@@H]2N3)c1. The Labute approximate surface area is 95.0 Å². The molecule has 2 saturated heterocycles. The van der Waals surface area contributed by atoms with Crippen LogP contribution in [0.15, 0.2) is 18.5 Å². The highest BCUT2D eigenvalue weighted by molar-refractivity contribution is 5.77. The Morgan fingerprint density at radius 3 is 3.00 bits per heavy atom. The van der Waals surface area contributed by atoms with Crippen molar-refractivity contribution in [3.05, 3.63) is 24.0 Å². The molecule has 0 saturated carbocycles. The van der Waals surface area contributed by atoms with Crippen LogP contribution in [0.4, 0.5) is 4.79 Å². The molecule has 2 N–H and O–H groups in total. The van der Waals surface area contributed by atoms with E-state index in [9.17, 15) is 4.79 Å². The van der Waals surface area contributed by atoms with Gasteiger partial charge < -0.3 is 10.6 Å². The molecule has 0 aliphatic carbocycles. The molecule has 0 radical (unpaired) electrons. The molecule has 1 aromatic heterocycles. The summed E-state index contributed by atoms with van der Waals surface area (Å²) in [5, 5.41) is 6.62. The van der Waals surface area contributed by atoms with Crippen molar-refractivity contribution in [3.63, 3.8) is 0 Å². The van der Waals surface area contributed by atoms with Crippen LogP contribution in [0, 0.1) is 6.92 Å². The molecule has 4 heteroatoms. The predicted molar refractivity (Wildman–Crippen MR) is 61.4 cm³/mol. The fourth-order valence-corrected chi connectivity index (χ4v) is 2.85. The van der Waals surface area contributed by atoms with Gasteiger partial charge >= 0.3 is 6.03 Å². The molecule has 0 aromatic carbocycles. The van der Waals surface area contributed by atoms with Crippen molar-refractivity contribution in [3.8, 4) is 0 Å². The molecule has 0 unspecified atom stereocenters. The Bertz CT molecular complexity index is 412. The van der Waals surface area contributed by atoms with Gasteiger partial charge in [-0.25, -0.2) is 4.79 Å². The third-order valence-corrected chi connectivity index (χ3v) is 3.68. The number of carbonyl (C=O) groups excluding carboxylic acids is 1. The van der Waals surface area contributed by atoms with Crippen molar-refractivity contribution in [2.75, 3.05) is 0 Å². The first-order valence-electron chi connectivity index (χ1n) is 5.94. The van der Waals surface area contributed by atoms with Gasteiger partial charge in [-0.1, -0.05) is 0 Å². The molecule has 3 atom stereocenters. The van der Waals surface area contributed by atoms with E-state index in [0.29, 0.717) is 18.1 Å². The van der Waals surface area contributed by atoms with Crippen molar-refractivity contribution >= 4 is 6.03 Å². The third kappa shape index (κ3) is 1.63. The maximum Gasteiger partial charge on any atom is 0.325 e. The monoisotopic (exact) mass is 219 g/mol. The second kappa shape index (κ2) is 3.63. The summed E-state index contributed by atoms with van der Waals surface area (Å²) in [6.45, 7) is 1.99. The number of rotatable bonds is 1. The topological polar surface area (TPSA) is 46.1 Å². The van der Waals surface area contributed by atoms with Gasteiger partial charge in [-0.2, -0.15) is 0 Å². The molecule has 4 nitrogen and oxygen atoms in total. The molecule has 3 heterocycles. The summed E-state index contributed by atoms with van der Waals surface area (Å²) in [5.41, 5.74) is 1.11. The van der Waals surface area contributed by atoms with Gasteiger partial charge in [0.1, 0.15) is 0 Å². The minimum Gasteiger partial charge on any atom is -0.333 e. The number of nitrogens with one attached hydrogen (secondary N) is 2. The molecule has 1 aromatic rings. The fourth-order valence-electron chi connectivity index (χ4n) is 2.85. The zero-order valence-electron chi connectivity index (χ0n) is 9.44. The average Bonchev–Trinajstić information content (AvgIpc) is 2.92. The summed E-state index contributed by atoms with van der Waals surface area (Å²) >= 11 is 0. The van der Waals surface area contributed by atoms with Crippen molar-refractivity contribution in [2.45, 2.75) is 44.3 Å². The van der Waals surface area contributed by atoms with E-state index in [1.54, 1.807) is 4.57 Å². The van der Waals surface area contributed by atoms with Crippen molar-refractivity contribution in [2.24, 2.45) is 0 Å². The Balaban J connectivity index is 1.65. The summed E-state index contributed by atoms with van der Waals surface area (Å²) < 4.78 is 1.63. The summed E-state index contributed by atoms with van der Waals surface area (Å²) in [7, 11) is 0. The molecule has 2 fully saturated rings. The molecule has 2 aliphatic heterocycles. The van der Waals surface area contributed by atoms with Gasteiger partial charge in [0, 0.05) is 30.5 Å². The number of hydrogen-bond donors (Lipinski definition) is 2. The maximum atomic E-state index is 11.9. The molecule has 1 amide bonds. The van der Waals surface area contributed by atoms with Crippen molar-refractivity contribution < 1.29 is 4.79 Å². The quantitative estimate of drug-likeness (QED) is 0.746. The molecular formula is C12H17N3O. The molecule has 16 heavy (non-hydrogen) atoms. The number of aromatic nitrogens is 1. The van der Waals surface area contributed by atoms with Crippen molar-refractivity contribution in [1.29, 1.82) is 0 Å². The van der Waals surface area contributed by atoms with E-state index in [1.807, 2.05) is 25.4 Å². The summed E-state index contributed by atoms with van der Waals surface area (Å²) in [5.74, 6) is 0. The molecular weight excluding hydrogens is 202 g/mol. The largest absolute Gasteiger partial charge is 0.333 e. The van der Waals surface area contributed by atoms with Crippen LogP contribution >= 0.6 is 0 Å². The highest BCUT2D eigenvalue weighted by Crippen LogP contribution is 2.28. The van der Waals surface area contributed by atoms with Crippen LogP contribution in [-0.4, -0.2) is 28.7 Å². The third-order valence-electron chi connectivity index (χ3n) is 3.68. The standard InChI is InChI=1S/C12H17N3O/c1-8-4-5-15(7-8)12(16)14-11-6-9-2-3-10(11)13-9/h4-5,7,9-11,13H,2-3,6H2,1H3,(H,14,16)/t9-,10+,11-/m1/s1. The van der Waals surface area contributed by atoms with Crippen molar-refractivity contribution in [1.82, 2.24) is 15.2 Å². The minimum absolute atomic E-state index is 0.00699. The Kier molecular flexibility index (Phi) is 2.24. The van der Waals surface area contributed by atoms with Gasteiger partial charge in [-0.05, 0) is 37.8 Å². The normalized spacial score (nSPS) is 31.9. The predicted octanol–water partition coefficient (Wildman–Crippen LogP) is 1.25. The highest BCUT2D eigenvalue weighted by Gasteiger charge is 2.39. The van der Waals surface area contributed by atoms with E-state index < -0.39 is 0 Å². The highest BCUT2D eigenvalue weighted by atomic mass is 16.2. The lowest BCUT2D eigenvalue weighted by molar-refractivity contribution is 0.236. The van der Waals surface area contributed by atoms with Crippen LogP contribution in [0.1, 0.15) is 24.8 Å². The van der Waals surface area contributed by atoms with Crippen LogP contribution in [0.2, 0.25) is 0 Å². The number of hydrogen-bond acceptors (Lipinski definition) is 2. The Morgan fingerprint density at radius 1 is 1.56 bits per heavy atom. The number of amides is 1. The number of carbonyl (C=O) groups is 1. The molecule has 86 valence electrons. The molecule has 3 rings (SSSR count). The first-order chi connectivity index (χ1) is 7.72. The van der Waals surface area contributed by atoms with Gasteiger partial charge in [0.25, 0.3) is 0 Å². The number of fused-ring (bicyclic) bond motifs is 2. The van der Waals surface area contributed by atoms with Gasteiger partial charge in [-0.3, -0.25) is 4.57 Å². The molecule has 0 spiro atoms. The summed E-state index contributed by atoms with van der Waals surface area (Å²) in [6, 6.07) is 3.37. The first kappa shape index (κ1) is 9.90. The van der Waals surface area contributed by atoms with Gasteiger partial charge in [0.2, 0.25) is 0 Å². The minimum atomic E-state index is -0.00699. The lowest BCUT2D eigenvalue weighted by Gasteiger charge is -2.21. The zero-order chi connectivity index (χ0) is 11.1. The van der Waals surface area contributed by atoms with Crippen LogP contribution in [0.25, 0.3) is 0 Å². The van der Waals surface area contributed by atoms with E-state index in [1.165, 1.54) is 12.8 Å². The van der Waals surface area contributed by atoms with Crippen LogP contribution in [0.5, 0.6) is 0 Å². The van der Waals surface area contributed by atoms with E-state index >= 15 is 0 Å². The Hall–Kier alpha value is -1.29. The first-order valence-corrected chi connectivity index (χ1v) is 5.94. The molecule has 2 bridgehead atoms. The van der Waals surface area contributed by atoms with Gasteiger partial charge in [-0.15, -0.1) is 0 Å². The maximum absolute atomic E-state index is 11.9. The van der Waals surface area contributed by atoms with Gasteiger partial charge in [0.15, 0.2) is 0 Å². The van der Waals surface area contributed by atoms with Crippen LogP contribution < -0.4 is 10.6 Å². The van der Waals surface area contributed by atoms with Gasteiger partial charge in [0.05, 0.1) is 0 Å². The zero-order valence-corrected chi connectivity index (χ0v) is 9.44. The lowest BCUT2D eigenvalue weighted by Crippen LogP contribution is -2.44. The summed E-state index contributed by atoms with van der Waals surface area (Å²) in [4.78, 5) is 11.9. The average molecular weight is 219 g/mol. The van der Waals surface area contributed by atoms with E-state index in [-0.39, 0.29) is 6.03 Å².